The fourth-order valence-corrected chi connectivity index (χ4v) is 6.52. The number of nitrogens with one attached hydrogen (secondary N) is 1. The van der Waals surface area contributed by atoms with Crippen LogP contribution in [0.5, 0.6) is 5.75 Å². The van der Waals surface area contributed by atoms with Crippen LogP contribution in [-0.2, 0) is 25.7 Å². The van der Waals surface area contributed by atoms with Crippen LogP contribution < -0.4 is 10.3 Å². The highest BCUT2D eigenvalue weighted by Gasteiger charge is 2.25. The number of carbonyl (C=O) groups is 3. The zero-order valence-electron chi connectivity index (χ0n) is 29.0. The number of likely N-dealkylation sites (tertiary alicyclic amines) is 1. The first-order chi connectivity index (χ1) is 23.2. The van der Waals surface area contributed by atoms with Crippen LogP contribution in [0.1, 0.15) is 66.7 Å². The van der Waals surface area contributed by atoms with Gasteiger partial charge in [0.2, 0.25) is 5.91 Å². The number of phenols is 1. The fraction of sp³-hybridized carbons (Fsp3) is 0.514. The zero-order chi connectivity index (χ0) is 35.1. The molecule has 0 bridgehead atoms. The van der Waals surface area contributed by atoms with E-state index in [9.17, 15) is 20.0 Å². The number of nitrogens with zero attached hydrogens (tertiary/aromatic N) is 5. The van der Waals surface area contributed by atoms with E-state index < -0.39 is 0 Å². The van der Waals surface area contributed by atoms with E-state index in [0.717, 1.165) is 67.8 Å². The number of likely N-dealkylation sites (N-methyl/N-ethyl adjacent to an activating group) is 3. The van der Waals surface area contributed by atoms with Gasteiger partial charge >= 0.3 is 0 Å². The number of hydrogen-bond donors (Lipinski definition) is 2. The van der Waals surface area contributed by atoms with E-state index in [0.29, 0.717) is 25.3 Å². The molecule has 0 saturated carbocycles. The van der Waals surface area contributed by atoms with Crippen LogP contribution in [0.2, 0.25) is 0 Å². The highest BCUT2D eigenvalue weighted by molar-refractivity contribution is 5.81. The second kappa shape index (κ2) is 19.7. The van der Waals surface area contributed by atoms with Crippen molar-refractivity contribution >= 4 is 24.7 Å². The number of hydrogen-bond acceptors (Lipinski definition) is 10. The molecule has 1 amide bonds. The molecule has 0 spiro atoms. The van der Waals surface area contributed by atoms with Gasteiger partial charge in [0.15, 0.2) is 0 Å². The van der Waals surface area contributed by atoms with Crippen LogP contribution in [0.15, 0.2) is 48.2 Å². The lowest BCUT2D eigenvalue weighted by Crippen LogP contribution is -2.43. The summed E-state index contributed by atoms with van der Waals surface area (Å²) in [6, 6.07) is 13.5. The summed E-state index contributed by atoms with van der Waals surface area (Å²) in [7, 11) is 5.55. The Kier molecular flexibility index (Phi) is 15.7. The molecular formula is C37H52N6O5. The Hall–Kier alpha value is -4.08. The summed E-state index contributed by atoms with van der Waals surface area (Å²) in [5, 5.41) is 26.1. The lowest BCUT2D eigenvalue weighted by molar-refractivity contribution is -0.126. The van der Waals surface area contributed by atoms with Gasteiger partial charge in [-0.3, -0.25) is 19.6 Å². The predicted octanol–water partition coefficient (Wildman–Crippen LogP) is 4.14. The lowest BCUT2D eigenvalue weighted by Gasteiger charge is -2.28. The second-order valence-corrected chi connectivity index (χ2v) is 12.6. The molecule has 2 aromatic rings. The first-order valence-electron chi connectivity index (χ1n) is 16.7. The number of anilines is 1. The Labute approximate surface area is 285 Å². The fourth-order valence-electron chi connectivity index (χ4n) is 6.52. The van der Waals surface area contributed by atoms with Crippen molar-refractivity contribution in [3.63, 3.8) is 0 Å². The van der Waals surface area contributed by atoms with Crippen LogP contribution in [0.4, 0.5) is 5.69 Å². The van der Waals surface area contributed by atoms with Gasteiger partial charge in [-0.15, -0.1) is 0 Å². The van der Waals surface area contributed by atoms with Crippen molar-refractivity contribution in [2.45, 2.75) is 64.0 Å². The van der Waals surface area contributed by atoms with E-state index in [2.05, 4.69) is 51.7 Å². The Morgan fingerprint density at radius 2 is 1.90 bits per heavy atom. The smallest absolute Gasteiger partial charge is 0.237 e. The Morgan fingerprint density at radius 1 is 1.19 bits per heavy atom. The molecule has 3 aliphatic rings. The van der Waals surface area contributed by atoms with Gasteiger partial charge in [-0.25, -0.2) is 5.01 Å². The first-order valence-corrected chi connectivity index (χ1v) is 16.7. The standard InChI is InChI=1S/C21H28N4O.C15H22N2O3.CH2O/c1-23-14-18(15-24-6-2-3-7-24)16-25(23)21-11-17(13-22)10-20(12-21)19-4-8-26-9-5-19;1-11-6-7-13(19)9-12(11)10-17(3)14(5-4-8-18)15(20)16-2;1-2/h10-12,16,19H,2-9,14-15H2,1H3;6-9,14,19H,4-5,10H2,1-3H3,(H,16,20);1H2. The number of aromatic hydroxyl groups is 1. The van der Waals surface area contributed by atoms with Crippen LogP contribution >= 0.6 is 0 Å². The Morgan fingerprint density at radius 3 is 2.54 bits per heavy atom. The summed E-state index contributed by atoms with van der Waals surface area (Å²) in [5.74, 6) is 0.604. The van der Waals surface area contributed by atoms with Crippen molar-refractivity contribution < 1.29 is 24.2 Å². The molecule has 2 aromatic carbocycles. The van der Waals surface area contributed by atoms with Gasteiger partial charge < -0.3 is 24.7 Å². The molecular weight excluding hydrogens is 608 g/mol. The number of aryl methyl sites for hydroxylation is 1. The van der Waals surface area contributed by atoms with Crippen molar-refractivity contribution in [2.75, 3.05) is 65.5 Å². The minimum atomic E-state index is -0.355. The second-order valence-electron chi connectivity index (χ2n) is 12.6. The van der Waals surface area contributed by atoms with E-state index in [1.807, 2.05) is 37.8 Å². The monoisotopic (exact) mass is 660 g/mol. The van der Waals surface area contributed by atoms with Crippen LogP contribution in [-0.4, -0.2) is 105 Å². The third kappa shape index (κ3) is 11.0. The molecule has 260 valence electrons. The summed E-state index contributed by atoms with van der Waals surface area (Å²) in [6.45, 7) is 10.6. The van der Waals surface area contributed by atoms with Gasteiger partial charge in [0.1, 0.15) is 18.8 Å². The van der Waals surface area contributed by atoms with Gasteiger partial charge in [-0.1, -0.05) is 6.07 Å². The average Bonchev–Trinajstić information content (AvgIpc) is 3.77. The van der Waals surface area contributed by atoms with Gasteiger partial charge in [0, 0.05) is 59.6 Å². The molecule has 0 radical (unpaired) electrons. The molecule has 1 unspecified atom stereocenters. The van der Waals surface area contributed by atoms with Gasteiger partial charge in [0.05, 0.1) is 23.4 Å². The molecule has 5 rings (SSSR count). The molecule has 0 aliphatic carbocycles. The molecule has 0 aromatic heterocycles. The van der Waals surface area contributed by atoms with Crippen molar-refractivity contribution in [3.8, 4) is 11.8 Å². The summed E-state index contributed by atoms with van der Waals surface area (Å²) in [6.07, 6.45) is 8.66. The quantitative estimate of drug-likeness (QED) is 0.340. The topological polar surface area (TPSA) is 129 Å². The number of nitriles is 1. The maximum absolute atomic E-state index is 11.9. The third-order valence-corrected chi connectivity index (χ3v) is 9.15. The molecule has 2 N–H and O–H groups in total. The van der Waals surface area contributed by atoms with Gasteiger partial charge in [-0.05, 0) is 118 Å². The van der Waals surface area contributed by atoms with Crippen molar-refractivity contribution in [2.24, 2.45) is 0 Å². The number of carbonyl (C=O) groups excluding carboxylic acids is 3. The Bertz CT molecular complexity index is 1410. The van der Waals surface area contributed by atoms with Crippen LogP contribution in [0.25, 0.3) is 0 Å². The highest BCUT2D eigenvalue weighted by atomic mass is 16.5. The maximum Gasteiger partial charge on any atom is 0.237 e. The number of ether oxygens (including phenoxy) is 1. The minimum Gasteiger partial charge on any atom is -0.508 e. The van der Waals surface area contributed by atoms with Gasteiger partial charge in [-0.2, -0.15) is 5.26 Å². The first kappa shape index (κ1) is 38.4. The largest absolute Gasteiger partial charge is 0.508 e. The van der Waals surface area contributed by atoms with Crippen molar-refractivity contribution in [3.05, 3.63) is 70.4 Å². The van der Waals surface area contributed by atoms with Gasteiger partial charge in [0.25, 0.3) is 0 Å². The third-order valence-electron chi connectivity index (χ3n) is 9.15. The minimum absolute atomic E-state index is 0.104. The molecule has 2 saturated heterocycles. The lowest BCUT2D eigenvalue weighted by atomic mass is 9.90. The summed E-state index contributed by atoms with van der Waals surface area (Å²) in [4.78, 5) is 34.8. The molecule has 3 heterocycles. The van der Waals surface area contributed by atoms with Crippen molar-refractivity contribution in [1.82, 2.24) is 20.1 Å². The Balaban J connectivity index is 0.000000257. The van der Waals surface area contributed by atoms with E-state index in [1.165, 1.54) is 37.1 Å². The summed E-state index contributed by atoms with van der Waals surface area (Å²) >= 11 is 0. The van der Waals surface area contributed by atoms with E-state index in [-0.39, 0.29) is 17.7 Å². The molecule has 3 aliphatic heterocycles. The van der Waals surface area contributed by atoms with Crippen molar-refractivity contribution in [1.29, 1.82) is 5.26 Å². The number of benzene rings is 2. The average molecular weight is 661 g/mol. The number of rotatable bonds is 11. The SMILES string of the molecule is C=O.CN1CC(CN2CCCC2)=CN1c1cc(C#N)cc(C2CCOCC2)c1.CNC(=O)C(CCC=O)N(C)Cc1cc(O)ccc1C. The highest BCUT2D eigenvalue weighted by Crippen LogP contribution is 2.33. The molecule has 11 nitrogen and oxygen atoms in total. The number of aldehydes is 1. The number of hydrazine groups is 1. The van der Waals surface area contributed by atoms with Crippen LogP contribution in [0.3, 0.4) is 0 Å². The van der Waals surface area contributed by atoms with E-state index in [4.69, 9.17) is 9.53 Å². The molecule has 48 heavy (non-hydrogen) atoms. The van der Waals surface area contributed by atoms with Crippen LogP contribution in [0, 0.1) is 18.3 Å². The number of amides is 1. The summed E-state index contributed by atoms with van der Waals surface area (Å²) < 4.78 is 5.50. The molecule has 1 atom stereocenters. The summed E-state index contributed by atoms with van der Waals surface area (Å²) in [5.41, 5.74) is 6.60. The molecule has 11 heteroatoms. The van der Waals surface area contributed by atoms with E-state index >= 15 is 0 Å². The normalized spacial score (nSPS) is 17.4. The molecule has 2 fully saturated rings. The maximum atomic E-state index is 11.9. The zero-order valence-corrected chi connectivity index (χ0v) is 29.0. The van der Waals surface area contributed by atoms with E-state index in [1.54, 1.807) is 19.2 Å². The number of phenolic OH excluding ortho intramolecular Hbond substituents is 1. The predicted molar refractivity (Wildman–Crippen MR) is 187 cm³/mol.